The lowest BCUT2D eigenvalue weighted by molar-refractivity contribution is -0.126. The number of fused-ring (bicyclic) bond motifs is 1. The monoisotopic (exact) mass is 565 g/mol. The molecule has 0 bridgehead atoms. The summed E-state index contributed by atoms with van der Waals surface area (Å²) < 4.78 is 18.0. The molecule has 3 aromatic heterocycles. The largest absolute Gasteiger partial charge is 0.507 e. The van der Waals surface area contributed by atoms with Crippen molar-refractivity contribution in [1.82, 2.24) is 29.2 Å². The van der Waals surface area contributed by atoms with Gasteiger partial charge >= 0.3 is 5.69 Å². The molecule has 1 aromatic carbocycles. The van der Waals surface area contributed by atoms with Crippen molar-refractivity contribution in [3.05, 3.63) is 70.0 Å². The number of carbonyl (C=O) groups excluding carboxylic acids is 1. The highest BCUT2D eigenvalue weighted by molar-refractivity contribution is 6.34. The van der Waals surface area contributed by atoms with Gasteiger partial charge in [-0.25, -0.2) is 23.4 Å². The van der Waals surface area contributed by atoms with E-state index < -0.39 is 11.5 Å². The Bertz CT molecular complexity index is 1690. The van der Waals surface area contributed by atoms with Gasteiger partial charge in [0, 0.05) is 37.3 Å². The van der Waals surface area contributed by atoms with E-state index in [4.69, 9.17) is 16.6 Å². The Morgan fingerprint density at radius 2 is 2.02 bits per heavy atom. The number of carbonyl (C=O) groups is 1. The second kappa shape index (κ2) is 10.4. The first-order valence-electron chi connectivity index (χ1n) is 12.9. The lowest BCUT2D eigenvalue weighted by atomic mass is 10.1. The molecular weight excluding hydrogens is 537 g/mol. The lowest BCUT2D eigenvalue weighted by Gasteiger charge is -2.40. The molecule has 0 aliphatic carbocycles. The highest BCUT2D eigenvalue weighted by Crippen LogP contribution is 2.38. The van der Waals surface area contributed by atoms with Gasteiger partial charge in [0.15, 0.2) is 5.65 Å². The summed E-state index contributed by atoms with van der Waals surface area (Å²) in [5, 5.41) is 15.5. The summed E-state index contributed by atoms with van der Waals surface area (Å²) in [4.78, 5) is 38.9. The molecule has 1 aliphatic rings. The van der Waals surface area contributed by atoms with E-state index >= 15 is 0 Å². The number of nitrogens with zero attached hydrogens (tertiary/aromatic N) is 7. The van der Waals surface area contributed by atoms with Crippen LogP contribution >= 0.6 is 11.6 Å². The summed E-state index contributed by atoms with van der Waals surface area (Å²) >= 11 is 6.69. The van der Waals surface area contributed by atoms with Crippen molar-refractivity contribution >= 4 is 34.4 Å². The van der Waals surface area contributed by atoms with E-state index in [2.05, 4.69) is 16.7 Å². The Kier molecular flexibility index (Phi) is 7.09. The van der Waals surface area contributed by atoms with Gasteiger partial charge in [-0.1, -0.05) is 24.2 Å². The number of anilines is 1. The number of benzene rings is 1. The summed E-state index contributed by atoms with van der Waals surface area (Å²) in [6, 6.07) is 5.22. The fourth-order valence-electron chi connectivity index (χ4n) is 5.14. The zero-order valence-corrected chi connectivity index (χ0v) is 23.4. The van der Waals surface area contributed by atoms with E-state index in [9.17, 15) is 19.1 Å². The molecule has 1 N–H and O–H groups in total. The van der Waals surface area contributed by atoms with Crippen molar-refractivity contribution in [3.63, 3.8) is 0 Å². The van der Waals surface area contributed by atoms with Gasteiger partial charge in [-0.3, -0.25) is 4.79 Å². The third-order valence-electron chi connectivity index (χ3n) is 7.06. The van der Waals surface area contributed by atoms with E-state index in [0.717, 1.165) is 0 Å². The third-order valence-corrected chi connectivity index (χ3v) is 7.35. The molecule has 1 fully saturated rings. The quantitative estimate of drug-likeness (QED) is 0.360. The molecule has 10 nitrogen and oxygen atoms in total. The summed E-state index contributed by atoms with van der Waals surface area (Å²) in [6.45, 7) is 12.4. The number of aromatic hydroxyl groups is 1. The molecule has 40 heavy (non-hydrogen) atoms. The molecule has 5 rings (SSSR count). The number of hydrogen-bond donors (Lipinski definition) is 1. The van der Waals surface area contributed by atoms with Crippen LogP contribution in [0.4, 0.5) is 10.2 Å². The van der Waals surface area contributed by atoms with Crippen LogP contribution in [0.3, 0.4) is 0 Å². The molecule has 1 amide bonds. The van der Waals surface area contributed by atoms with Gasteiger partial charge in [0.2, 0.25) is 5.91 Å². The van der Waals surface area contributed by atoms with E-state index in [1.165, 1.54) is 28.8 Å². The van der Waals surface area contributed by atoms with E-state index in [1.54, 1.807) is 21.8 Å². The zero-order chi connectivity index (χ0) is 28.9. The van der Waals surface area contributed by atoms with Gasteiger partial charge in [0.1, 0.15) is 23.2 Å². The summed E-state index contributed by atoms with van der Waals surface area (Å²) in [5.41, 5.74) is 0.0924. The molecule has 4 heterocycles. The van der Waals surface area contributed by atoms with Gasteiger partial charge in [0.25, 0.3) is 0 Å². The van der Waals surface area contributed by atoms with Crippen LogP contribution in [-0.2, 0) is 4.79 Å². The number of phenolic OH excluding ortho intramolecular Hbond substituents is 1. The molecule has 1 saturated heterocycles. The molecule has 4 aromatic rings. The summed E-state index contributed by atoms with van der Waals surface area (Å²) in [7, 11) is 0. The summed E-state index contributed by atoms with van der Waals surface area (Å²) in [6.07, 6.45) is 2.93. The van der Waals surface area contributed by atoms with Gasteiger partial charge in [0.05, 0.1) is 27.9 Å². The molecule has 1 aliphatic heterocycles. The highest BCUT2D eigenvalue weighted by atomic mass is 35.5. The zero-order valence-electron chi connectivity index (χ0n) is 22.6. The van der Waals surface area contributed by atoms with E-state index in [0.29, 0.717) is 42.2 Å². The number of halogens is 2. The molecule has 1 atom stereocenters. The minimum Gasteiger partial charge on any atom is -0.507 e. The number of rotatable bonds is 5. The number of phenols is 1. The molecule has 208 valence electrons. The Hall–Kier alpha value is -4.25. The smallest absolute Gasteiger partial charge is 0.357 e. The van der Waals surface area contributed by atoms with Crippen molar-refractivity contribution in [1.29, 1.82) is 0 Å². The van der Waals surface area contributed by atoms with Crippen LogP contribution in [-0.4, -0.2) is 65.9 Å². The fraction of sp³-hybridized carbons (Fsp3) is 0.321. The SMILES string of the molecule is C=CC(=O)N1CCN(c2nc(=O)n(-c3c(C)cnn3C(C)C)c3nc(-c4c(O)cccc4F)c(Cl)cc23)C(C)C1. The minimum atomic E-state index is -0.711. The van der Waals surface area contributed by atoms with Crippen LogP contribution in [0.25, 0.3) is 28.1 Å². The van der Waals surface area contributed by atoms with E-state index in [1.807, 2.05) is 32.6 Å². The minimum absolute atomic E-state index is 0.0159. The topological polar surface area (TPSA) is 109 Å². The van der Waals surface area contributed by atoms with Crippen LogP contribution in [0.5, 0.6) is 5.75 Å². The number of piperazine rings is 1. The summed E-state index contributed by atoms with van der Waals surface area (Å²) in [5.74, 6) is -0.399. The Morgan fingerprint density at radius 1 is 1.27 bits per heavy atom. The number of amides is 1. The first-order valence-corrected chi connectivity index (χ1v) is 13.2. The number of pyridine rings is 1. The average Bonchev–Trinajstić information content (AvgIpc) is 3.29. The van der Waals surface area contributed by atoms with Gasteiger partial charge < -0.3 is 14.9 Å². The van der Waals surface area contributed by atoms with Crippen LogP contribution in [0.15, 0.2) is 47.9 Å². The standard InChI is InChI=1S/C28H29ClFN7O3/c1-6-22(39)34-10-11-35(17(5)14-34)25-18-12-19(29)24(23-20(30)8-7-9-21(23)38)32-26(18)36(28(40)33-25)27-16(4)13-31-37(27)15(2)3/h6-9,12-13,15,17,38H,1,10-11,14H2,2-5H3. The number of hydrogen-bond acceptors (Lipinski definition) is 7. The number of aryl methyl sites for hydroxylation is 1. The van der Waals surface area contributed by atoms with Crippen LogP contribution in [0, 0.1) is 12.7 Å². The van der Waals surface area contributed by atoms with Gasteiger partial charge in [-0.2, -0.15) is 10.1 Å². The van der Waals surface area contributed by atoms with E-state index in [-0.39, 0.29) is 45.7 Å². The third kappa shape index (κ3) is 4.49. The second-order valence-electron chi connectivity index (χ2n) is 10.1. The second-order valence-corrected chi connectivity index (χ2v) is 10.5. The Labute approximate surface area is 234 Å². The Morgan fingerprint density at radius 3 is 2.67 bits per heavy atom. The fourth-order valence-corrected chi connectivity index (χ4v) is 5.38. The van der Waals surface area contributed by atoms with Crippen LogP contribution in [0.1, 0.15) is 32.4 Å². The lowest BCUT2D eigenvalue weighted by Crippen LogP contribution is -2.54. The normalized spacial score (nSPS) is 15.7. The molecular formula is C28H29ClFN7O3. The molecule has 0 saturated carbocycles. The highest BCUT2D eigenvalue weighted by Gasteiger charge is 2.31. The molecule has 0 spiro atoms. The maximum Gasteiger partial charge on any atom is 0.357 e. The van der Waals surface area contributed by atoms with Crippen molar-refractivity contribution < 1.29 is 14.3 Å². The number of aromatic nitrogens is 5. The van der Waals surface area contributed by atoms with Crippen LogP contribution < -0.4 is 10.6 Å². The average molecular weight is 566 g/mol. The van der Waals surface area contributed by atoms with Crippen molar-refractivity contribution in [2.75, 3.05) is 24.5 Å². The first kappa shape index (κ1) is 27.3. The van der Waals surface area contributed by atoms with Crippen molar-refractivity contribution in [2.45, 2.75) is 39.8 Å². The maximum absolute atomic E-state index is 15.0. The molecule has 1 unspecified atom stereocenters. The van der Waals surface area contributed by atoms with Gasteiger partial charge in [-0.15, -0.1) is 0 Å². The maximum atomic E-state index is 15.0. The first-order chi connectivity index (χ1) is 19.0. The van der Waals surface area contributed by atoms with Gasteiger partial charge in [-0.05, 0) is 52.0 Å². The predicted molar refractivity (Wildman–Crippen MR) is 152 cm³/mol. The van der Waals surface area contributed by atoms with Crippen molar-refractivity contribution in [2.24, 2.45) is 0 Å². The van der Waals surface area contributed by atoms with Crippen LogP contribution in [0.2, 0.25) is 5.02 Å². The molecule has 12 heteroatoms. The van der Waals surface area contributed by atoms with Crippen molar-refractivity contribution in [3.8, 4) is 22.8 Å². The predicted octanol–water partition coefficient (Wildman–Crippen LogP) is 4.25. The molecule has 0 radical (unpaired) electrons. The Balaban J connectivity index is 1.81.